The largest absolute Gasteiger partial charge is 0.393 e. The number of nitro benzene ring substituents is 1. The summed E-state index contributed by atoms with van der Waals surface area (Å²) < 4.78 is 0. The molecule has 2 atom stereocenters. The molecule has 1 heterocycles. The van der Waals surface area contributed by atoms with Crippen molar-refractivity contribution >= 4 is 23.0 Å². The van der Waals surface area contributed by atoms with E-state index in [-0.39, 0.29) is 17.7 Å². The van der Waals surface area contributed by atoms with Gasteiger partial charge in [-0.3, -0.25) is 10.1 Å². The molecule has 1 aromatic carbocycles. The minimum absolute atomic E-state index is 0.0105. The number of hydrogen-bond donors (Lipinski definition) is 1. The number of benzene rings is 1. The molecule has 104 valence electrons. The third-order valence-electron chi connectivity index (χ3n) is 3.63. The van der Waals surface area contributed by atoms with E-state index in [9.17, 15) is 15.2 Å². The van der Waals surface area contributed by atoms with Crippen molar-refractivity contribution in [3.8, 4) is 0 Å². The molecule has 0 aromatic heterocycles. The van der Waals surface area contributed by atoms with Crippen molar-refractivity contribution in [2.24, 2.45) is 5.92 Å². The number of hydrogen-bond acceptors (Lipinski definition) is 4. The Morgan fingerprint density at radius 2 is 2.21 bits per heavy atom. The summed E-state index contributed by atoms with van der Waals surface area (Å²) in [4.78, 5) is 12.4. The highest BCUT2D eigenvalue weighted by Crippen LogP contribution is 2.35. The summed E-state index contributed by atoms with van der Waals surface area (Å²) >= 11 is 6.19. The van der Waals surface area contributed by atoms with Gasteiger partial charge in [-0.15, -0.1) is 0 Å². The Morgan fingerprint density at radius 1 is 1.53 bits per heavy atom. The fourth-order valence-corrected chi connectivity index (χ4v) is 2.94. The highest BCUT2D eigenvalue weighted by Gasteiger charge is 2.27. The first-order valence-corrected chi connectivity index (χ1v) is 6.65. The summed E-state index contributed by atoms with van der Waals surface area (Å²) in [5, 5.41) is 20.9. The zero-order valence-corrected chi connectivity index (χ0v) is 11.7. The molecular formula is C13H17ClN2O3. The molecule has 5 nitrogen and oxygen atoms in total. The van der Waals surface area contributed by atoms with Crippen molar-refractivity contribution in [3.05, 3.63) is 32.8 Å². The Balaban J connectivity index is 2.33. The molecule has 1 aliphatic heterocycles. The smallest absolute Gasteiger partial charge is 0.271 e. The monoisotopic (exact) mass is 284 g/mol. The van der Waals surface area contributed by atoms with Gasteiger partial charge in [0.1, 0.15) is 0 Å². The third kappa shape index (κ3) is 2.82. The van der Waals surface area contributed by atoms with Gasteiger partial charge in [0.05, 0.1) is 21.7 Å². The molecular weight excluding hydrogens is 268 g/mol. The van der Waals surface area contributed by atoms with E-state index in [1.54, 1.807) is 0 Å². The van der Waals surface area contributed by atoms with E-state index in [2.05, 4.69) is 4.90 Å². The summed E-state index contributed by atoms with van der Waals surface area (Å²) in [5.74, 6) is 0.166. The number of nitrogens with zero attached hydrogens (tertiary/aromatic N) is 2. The van der Waals surface area contributed by atoms with Gasteiger partial charge in [0.25, 0.3) is 5.69 Å². The fourth-order valence-electron chi connectivity index (χ4n) is 2.56. The Hall–Kier alpha value is -1.33. The molecule has 19 heavy (non-hydrogen) atoms. The number of aryl methyl sites for hydroxylation is 1. The molecule has 2 rings (SSSR count). The lowest BCUT2D eigenvalue weighted by Crippen LogP contribution is -2.42. The summed E-state index contributed by atoms with van der Waals surface area (Å²) in [6.45, 7) is 5.23. The molecule has 0 aliphatic carbocycles. The second-order valence-corrected chi connectivity index (χ2v) is 5.54. The van der Waals surface area contributed by atoms with Crippen LogP contribution in [-0.2, 0) is 0 Å². The van der Waals surface area contributed by atoms with Gasteiger partial charge in [0.2, 0.25) is 0 Å². The van der Waals surface area contributed by atoms with Crippen molar-refractivity contribution in [2.75, 3.05) is 18.0 Å². The van der Waals surface area contributed by atoms with Crippen LogP contribution in [0.15, 0.2) is 12.1 Å². The second kappa shape index (κ2) is 5.35. The Kier molecular flexibility index (Phi) is 3.96. The predicted octanol–water partition coefficient (Wildman–Crippen LogP) is 2.76. The van der Waals surface area contributed by atoms with Gasteiger partial charge in [0.15, 0.2) is 0 Å². The number of halogens is 1. The molecule has 6 heteroatoms. The summed E-state index contributed by atoms with van der Waals surface area (Å²) in [5.41, 5.74) is 1.64. The number of rotatable bonds is 2. The average molecular weight is 285 g/mol. The zero-order valence-electron chi connectivity index (χ0n) is 11.0. The van der Waals surface area contributed by atoms with Gasteiger partial charge in [-0.1, -0.05) is 18.5 Å². The molecule has 1 N–H and O–H groups in total. The molecule has 0 radical (unpaired) electrons. The highest BCUT2D eigenvalue weighted by atomic mass is 35.5. The van der Waals surface area contributed by atoms with E-state index in [0.29, 0.717) is 24.5 Å². The number of non-ortho nitro benzene ring substituents is 1. The highest BCUT2D eigenvalue weighted by molar-refractivity contribution is 6.33. The van der Waals surface area contributed by atoms with E-state index in [0.717, 1.165) is 11.3 Å². The maximum absolute atomic E-state index is 10.8. The first-order valence-electron chi connectivity index (χ1n) is 6.27. The number of piperidine rings is 1. The van der Waals surface area contributed by atoms with Crippen molar-refractivity contribution in [3.63, 3.8) is 0 Å². The molecule has 0 bridgehead atoms. The first kappa shape index (κ1) is 14.1. The van der Waals surface area contributed by atoms with Gasteiger partial charge in [-0.2, -0.15) is 0 Å². The van der Waals surface area contributed by atoms with E-state index in [1.165, 1.54) is 12.1 Å². The molecule has 1 aliphatic rings. The van der Waals surface area contributed by atoms with Crippen LogP contribution in [0.4, 0.5) is 11.4 Å². The van der Waals surface area contributed by atoms with E-state index < -0.39 is 4.92 Å². The predicted molar refractivity (Wildman–Crippen MR) is 74.8 cm³/mol. The summed E-state index contributed by atoms with van der Waals surface area (Å²) in [6.07, 6.45) is 0.405. The minimum Gasteiger partial charge on any atom is -0.393 e. The van der Waals surface area contributed by atoms with Crippen molar-refractivity contribution in [1.82, 2.24) is 0 Å². The maximum Gasteiger partial charge on any atom is 0.271 e. The van der Waals surface area contributed by atoms with Crippen molar-refractivity contribution < 1.29 is 10.0 Å². The Morgan fingerprint density at radius 3 is 2.74 bits per heavy atom. The molecule has 0 amide bonds. The third-order valence-corrected chi connectivity index (χ3v) is 3.91. The quantitative estimate of drug-likeness (QED) is 0.670. The van der Waals surface area contributed by atoms with Crippen molar-refractivity contribution in [2.45, 2.75) is 26.4 Å². The van der Waals surface area contributed by atoms with Crippen LogP contribution in [0.3, 0.4) is 0 Å². The summed E-state index contributed by atoms with van der Waals surface area (Å²) in [7, 11) is 0. The lowest BCUT2D eigenvalue weighted by atomic mass is 9.95. The van der Waals surface area contributed by atoms with Crippen LogP contribution in [0.25, 0.3) is 0 Å². The normalized spacial score (nSPS) is 23.5. The lowest BCUT2D eigenvalue weighted by molar-refractivity contribution is -0.384. The number of anilines is 1. The van der Waals surface area contributed by atoms with Crippen LogP contribution in [0.5, 0.6) is 0 Å². The fraction of sp³-hybridized carbons (Fsp3) is 0.538. The average Bonchev–Trinajstić information content (AvgIpc) is 2.32. The SMILES string of the molecule is Cc1cc([N+](=O)[O-])cc(Cl)c1N1CCC(O)C(C)C1. The molecule has 0 spiro atoms. The Labute approximate surface area is 116 Å². The number of aliphatic hydroxyl groups excluding tert-OH is 1. The Bertz CT molecular complexity index is 484. The number of nitro groups is 1. The molecule has 1 saturated heterocycles. The van der Waals surface area contributed by atoms with Gasteiger partial charge in [-0.05, 0) is 24.8 Å². The van der Waals surface area contributed by atoms with Gasteiger partial charge < -0.3 is 10.0 Å². The maximum atomic E-state index is 10.8. The van der Waals surface area contributed by atoms with Crippen LogP contribution >= 0.6 is 11.6 Å². The van der Waals surface area contributed by atoms with Crippen LogP contribution < -0.4 is 4.90 Å². The second-order valence-electron chi connectivity index (χ2n) is 5.13. The topological polar surface area (TPSA) is 66.6 Å². The van der Waals surface area contributed by atoms with Crippen LogP contribution in [-0.4, -0.2) is 29.2 Å². The van der Waals surface area contributed by atoms with Crippen LogP contribution in [0.2, 0.25) is 5.02 Å². The van der Waals surface area contributed by atoms with Crippen LogP contribution in [0, 0.1) is 23.0 Å². The lowest BCUT2D eigenvalue weighted by Gasteiger charge is -2.37. The van der Waals surface area contributed by atoms with E-state index in [4.69, 9.17) is 11.6 Å². The van der Waals surface area contributed by atoms with Gasteiger partial charge in [0, 0.05) is 25.2 Å². The zero-order chi connectivity index (χ0) is 14.2. The molecule has 1 aromatic rings. The molecule has 1 fully saturated rings. The van der Waals surface area contributed by atoms with E-state index >= 15 is 0 Å². The van der Waals surface area contributed by atoms with Crippen molar-refractivity contribution in [1.29, 1.82) is 0 Å². The summed E-state index contributed by atoms with van der Waals surface area (Å²) in [6, 6.07) is 2.93. The molecule has 0 saturated carbocycles. The van der Waals surface area contributed by atoms with Gasteiger partial charge in [-0.25, -0.2) is 0 Å². The van der Waals surface area contributed by atoms with Gasteiger partial charge >= 0.3 is 0 Å². The van der Waals surface area contributed by atoms with E-state index in [1.807, 2.05) is 13.8 Å². The first-order chi connectivity index (χ1) is 8.90. The molecule has 2 unspecified atom stereocenters. The minimum atomic E-state index is -0.439. The standard InChI is InChI=1S/C13H17ClN2O3/c1-8-5-10(16(18)19)6-11(14)13(8)15-4-3-12(17)9(2)7-15/h5-6,9,12,17H,3-4,7H2,1-2H3. The number of aliphatic hydroxyl groups is 1. The van der Waals surface area contributed by atoms with Crippen LogP contribution in [0.1, 0.15) is 18.9 Å².